The Labute approximate surface area is 129 Å². The molecule has 1 rings (SSSR count). The Bertz CT molecular complexity index is 353. The van der Waals surface area contributed by atoms with Gasteiger partial charge >= 0.3 is 0 Å². The lowest BCUT2D eigenvalue weighted by atomic mass is 9.97. The molecule has 1 heterocycles. The molecule has 4 nitrogen and oxygen atoms in total. The third-order valence-electron chi connectivity index (χ3n) is 4.31. The highest BCUT2D eigenvalue weighted by molar-refractivity contribution is 5.86. The zero-order chi connectivity index (χ0) is 16.0. The number of hydrogen-bond acceptors (Lipinski definition) is 3. The summed E-state index contributed by atoms with van der Waals surface area (Å²) in [5, 5.41) is 3.31. The lowest BCUT2D eigenvalue weighted by Crippen LogP contribution is -2.43. The summed E-state index contributed by atoms with van der Waals surface area (Å²) < 4.78 is 0. The molecule has 0 aromatic carbocycles. The van der Waals surface area contributed by atoms with Crippen LogP contribution >= 0.6 is 0 Å². The number of hydrogen-bond donors (Lipinski definition) is 1. The Morgan fingerprint density at radius 1 is 1.24 bits per heavy atom. The number of likely N-dealkylation sites (tertiary alicyclic amines) is 1. The molecule has 0 spiro atoms. The fraction of sp³-hybridized carbons (Fsp3) is 0.882. The number of carbonyl (C=O) groups excluding carboxylic acids is 2. The monoisotopic (exact) mass is 296 g/mol. The molecule has 0 radical (unpaired) electrons. The zero-order valence-corrected chi connectivity index (χ0v) is 14.3. The van der Waals surface area contributed by atoms with Gasteiger partial charge in [0.05, 0.1) is 6.04 Å². The largest absolute Gasteiger partial charge is 0.342 e. The first kappa shape index (κ1) is 18.1. The molecule has 0 aromatic heterocycles. The molecule has 0 aliphatic carbocycles. The molecule has 1 aliphatic heterocycles. The third kappa shape index (κ3) is 5.77. The minimum atomic E-state index is -0.196. The van der Waals surface area contributed by atoms with Crippen LogP contribution < -0.4 is 5.32 Å². The zero-order valence-electron chi connectivity index (χ0n) is 14.3. The van der Waals surface area contributed by atoms with Crippen molar-refractivity contribution >= 4 is 11.7 Å². The van der Waals surface area contributed by atoms with Gasteiger partial charge in [-0.3, -0.25) is 9.59 Å². The van der Waals surface area contributed by atoms with Gasteiger partial charge in [0, 0.05) is 31.5 Å². The van der Waals surface area contributed by atoms with Gasteiger partial charge in [-0.05, 0) is 18.8 Å². The SMILES string of the molecule is CCC1CCN(C(=O)CC[C@H](NC(C)C)C(=O)C(C)C)C1. The van der Waals surface area contributed by atoms with Crippen molar-refractivity contribution in [3.63, 3.8) is 0 Å². The molecular weight excluding hydrogens is 264 g/mol. The Hall–Kier alpha value is -0.900. The molecule has 4 heteroatoms. The average Bonchev–Trinajstić information content (AvgIpc) is 2.90. The maximum Gasteiger partial charge on any atom is 0.222 e. The van der Waals surface area contributed by atoms with E-state index in [4.69, 9.17) is 0 Å². The van der Waals surface area contributed by atoms with Gasteiger partial charge in [0.2, 0.25) is 5.91 Å². The summed E-state index contributed by atoms with van der Waals surface area (Å²) in [5.74, 6) is 1.09. The van der Waals surface area contributed by atoms with E-state index in [1.807, 2.05) is 32.6 Å². The van der Waals surface area contributed by atoms with Crippen molar-refractivity contribution in [2.24, 2.45) is 11.8 Å². The Morgan fingerprint density at radius 2 is 1.90 bits per heavy atom. The van der Waals surface area contributed by atoms with Crippen LogP contribution in [0.2, 0.25) is 0 Å². The molecule has 0 saturated carbocycles. The van der Waals surface area contributed by atoms with Crippen molar-refractivity contribution in [3.8, 4) is 0 Å². The van der Waals surface area contributed by atoms with Gasteiger partial charge in [-0.1, -0.05) is 41.0 Å². The number of carbonyl (C=O) groups is 2. The maximum absolute atomic E-state index is 12.3. The topological polar surface area (TPSA) is 49.4 Å². The molecule has 1 saturated heterocycles. The molecule has 1 N–H and O–H groups in total. The summed E-state index contributed by atoms with van der Waals surface area (Å²) in [4.78, 5) is 26.5. The second-order valence-corrected chi connectivity index (χ2v) is 6.87. The van der Waals surface area contributed by atoms with E-state index >= 15 is 0 Å². The Balaban J connectivity index is 2.48. The molecule has 0 bridgehead atoms. The highest BCUT2D eigenvalue weighted by Crippen LogP contribution is 2.20. The van der Waals surface area contributed by atoms with E-state index in [0.29, 0.717) is 18.8 Å². The van der Waals surface area contributed by atoms with E-state index in [0.717, 1.165) is 25.9 Å². The van der Waals surface area contributed by atoms with Gasteiger partial charge in [-0.25, -0.2) is 0 Å². The van der Waals surface area contributed by atoms with Crippen LogP contribution in [0.3, 0.4) is 0 Å². The van der Waals surface area contributed by atoms with E-state index < -0.39 is 0 Å². The molecule has 1 unspecified atom stereocenters. The minimum Gasteiger partial charge on any atom is -0.342 e. The van der Waals surface area contributed by atoms with Crippen LogP contribution in [0.5, 0.6) is 0 Å². The molecule has 21 heavy (non-hydrogen) atoms. The highest BCUT2D eigenvalue weighted by atomic mass is 16.2. The summed E-state index contributed by atoms with van der Waals surface area (Å²) in [6, 6.07) is 0.0579. The lowest BCUT2D eigenvalue weighted by molar-refractivity contribution is -0.131. The van der Waals surface area contributed by atoms with Crippen molar-refractivity contribution in [2.75, 3.05) is 13.1 Å². The van der Waals surface area contributed by atoms with Crippen LogP contribution in [0.15, 0.2) is 0 Å². The van der Waals surface area contributed by atoms with E-state index in [2.05, 4.69) is 12.2 Å². The van der Waals surface area contributed by atoms with E-state index in [9.17, 15) is 9.59 Å². The molecule has 1 fully saturated rings. The predicted octanol–water partition coefficient (Wildman–Crippen LogP) is 2.62. The van der Waals surface area contributed by atoms with Crippen molar-refractivity contribution in [2.45, 2.75) is 72.4 Å². The van der Waals surface area contributed by atoms with Crippen molar-refractivity contribution < 1.29 is 9.59 Å². The minimum absolute atomic E-state index is 0.00705. The first-order chi connectivity index (χ1) is 9.85. The van der Waals surface area contributed by atoms with Gasteiger partial charge in [0.1, 0.15) is 0 Å². The van der Waals surface area contributed by atoms with Gasteiger partial charge in [-0.15, -0.1) is 0 Å². The normalized spacial score (nSPS) is 20.3. The summed E-state index contributed by atoms with van der Waals surface area (Å²) in [5.41, 5.74) is 0. The van der Waals surface area contributed by atoms with Gasteiger partial charge < -0.3 is 10.2 Å². The van der Waals surface area contributed by atoms with Gasteiger partial charge in [0.25, 0.3) is 0 Å². The standard InChI is InChI=1S/C17H32N2O2/c1-6-14-9-10-19(11-14)16(20)8-7-15(18-13(4)5)17(21)12(2)3/h12-15,18H,6-11H2,1-5H3/t14?,15-/m0/s1. The Morgan fingerprint density at radius 3 is 2.38 bits per heavy atom. The highest BCUT2D eigenvalue weighted by Gasteiger charge is 2.27. The van der Waals surface area contributed by atoms with Crippen LogP contribution in [0.25, 0.3) is 0 Å². The first-order valence-electron chi connectivity index (χ1n) is 8.42. The smallest absolute Gasteiger partial charge is 0.222 e. The summed E-state index contributed by atoms with van der Waals surface area (Å²) in [6.07, 6.45) is 3.36. The van der Waals surface area contributed by atoms with Gasteiger partial charge in [-0.2, -0.15) is 0 Å². The third-order valence-corrected chi connectivity index (χ3v) is 4.31. The number of nitrogens with zero attached hydrogens (tertiary/aromatic N) is 1. The van der Waals surface area contributed by atoms with E-state index in [-0.39, 0.29) is 29.7 Å². The van der Waals surface area contributed by atoms with Crippen LogP contribution in [0.4, 0.5) is 0 Å². The second-order valence-electron chi connectivity index (χ2n) is 6.87. The fourth-order valence-corrected chi connectivity index (χ4v) is 2.93. The molecule has 1 aliphatic rings. The number of nitrogens with one attached hydrogen (secondary N) is 1. The van der Waals surface area contributed by atoms with Crippen LogP contribution in [0.1, 0.15) is 60.3 Å². The number of amides is 1. The van der Waals surface area contributed by atoms with Crippen LogP contribution in [-0.2, 0) is 9.59 Å². The van der Waals surface area contributed by atoms with Gasteiger partial charge in [0.15, 0.2) is 5.78 Å². The van der Waals surface area contributed by atoms with Crippen molar-refractivity contribution in [1.29, 1.82) is 0 Å². The first-order valence-corrected chi connectivity index (χ1v) is 8.42. The Kier molecular flexibility index (Phi) is 7.36. The summed E-state index contributed by atoms with van der Waals surface area (Å²) >= 11 is 0. The fourth-order valence-electron chi connectivity index (χ4n) is 2.93. The lowest BCUT2D eigenvalue weighted by Gasteiger charge is -2.23. The van der Waals surface area contributed by atoms with E-state index in [1.165, 1.54) is 0 Å². The van der Waals surface area contributed by atoms with Crippen molar-refractivity contribution in [3.05, 3.63) is 0 Å². The molecule has 1 amide bonds. The van der Waals surface area contributed by atoms with Crippen molar-refractivity contribution in [1.82, 2.24) is 10.2 Å². The molecule has 0 aromatic rings. The van der Waals surface area contributed by atoms with Crippen LogP contribution in [0, 0.1) is 11.8 Å². The second kappa shape index (κ2) is 8.52. The predicted molar refractivity (Wildman–Crippen MR) is 86.1 cm³/mol. The average molecular weight is 296 g/mol. The molecule has 122 valence electrons. The maximum atomic E-state index is 12.3. The quantitative estimate of drug-likeness (QED) is 0.749. The number of rotatable bonds is 8. The number of ketones is 1. The van der Waals surface area contributed by atoms with Crippen LogP contribution in [-0.4, -0.2) is 41.8 Å². The summed E-state index contributed by atoms with van der Waals surface area (Å²) in [6.45, 7) is 11.9. The summed E-state index contributed by atoms with van der Waals surface area (Å²) in [7, 11) is 0. The van der Waals surface area contributed by atoms with E-state index in [1.54, 1.807) is 0 Å². The molecule has 2 atom stereocenters. The number of Topliss-reactive ketones (excluding diaryl/α,β-unsaturated/α-hetero) is 1. The molecular formula is C17H32N2O2.